The van der Waals surface area contributed by atoms with E-state index in [1.807, 2.05) is 0 Å². The van der Waals surface area contributed by atoms with Crippen molar-refractivity contribution in [1.29, 1.82) is 0 Å². The third-order valence-electron chi connectivity index (χ3n) is 4.64. The predicted molar refractivity (Wildman–Crippen MR) is 92.4 cm³/mol. The van der Waals surface area contributed by atoms with Gasteiger partial charge in [0.15, 0.2) is 5.96 Å². The average Bonchev–Trinajstić information content (AvgIpc) is 3.16. The lowest BCUT2D eigenvalue weighted by Gasteiger charge is -2.23. The number of nitrogens with one attached hydrogen (secondary N) is 1. The third kappa shape index (κ3) is 5.43. The molecule has 2 atom stereocenters. The molecule has 2 heterocycles. The van der Waals surface area contributed by atoms with Gasteiger partial charge in [-0.15, -0.1) is 0 Å². The molecule has 0 saturated carbocycles. The van der Waals surface area contributed by atoms with Crippen molar-refractivity contribution in [3.8, 4) is 0 Å². The summed E-state index contributed by atoms with van der Waals surface area (Å²) in [5.74, 6) is 2.37. The third-order valence-corrected chi connectivity index (χ3v) is 4.64. The van der Waals surface area contributed by atoms with Crippen LogP contribution in [0.5, 0.6) is 0 Å². The topological polar surface area (TPSA) is 40.1 Å². The molecule has 0 aromatic rings. The van der Waals surface area contributed by atoms with E-state index in [2.05, 4.69) is 29.0 Å². The molecule has 0 radical (unpaired) electrons. The maximum atomic E-state index is 5.29. The van der Waals surface area contributed by atoms with Crippen LogP contribution in [0, 0.1) is 11.8 Å². The Morgan fingerprint density at radius 1 is 1.32 bits per heavy atom. The molecule has 5 heteroatoms. The second-order valence-corrected chi connectivity index (χ2v) is 6.86. The van der Waals surface area contributed by atoms with Gasteiger partial charge in [-0.05, 0) is 45.2 Å². The van der Waals surface area contributed by atoms with E-state index in [0.717, 1.165) is 38.7 Å². The second kappa shape index (κ2) is 9.36. The molecule has 2 fully saturated rings. The number of nitrogens with zero attached hydrogens (tertiary/aromatic N) is 3. The Kier molecular flexibility index (Phi) is 7.46. The molecule has 1 N–H and O–H groups in total. The fraction of sp³-hybridized carbons (Fsp3) is 0.941. The average molecular weight is 310 g/mol. The van der Waals surface area contributed by atoms with Crippen LogP contribution in [0.25, 0.3) is 0 Å². The molecule has 0 amide bonds. The van der Waals surface area contributed by atoms with Crippen molar-refractivity contribution in [2.45, 2.75) is 33.1 Å². The van der Waals surface area contributed by atoms with Gasteiger partial charge >= 0.3 is 0 Å². The highest BCUT2D eigenvalue weighted by Gasteiger charge is 2.24. The van der Waals surface area contributed by atoms with Gasteiger partial charge in [0.25, 0.3) is 0 Å². The molecule has 2 saturated heterocycles. The van der Waals surface area contributed by atoms with Crippen LogP contribution in [0.4, 0.5) is 0 Å². The first-order chi connectivity index (χ1) is 10.7. The number of aliphatic imine (C=N–C) groups is 1. The van der Waals surface area contributed by atoms with Crippen LogP contribution in [0.3, 0.4) is 0 Å². The van der Waals surface area contributed by atoms with Crippen LogP contribution >= 0.6 is 0 Å². The van der Waals surface area contributed by atoms with Gasteiger partial charge in [-0.2, -0.15) is 0 Å². The number of guanidine groups is 1. The van der Waals surface area contributed by atoms with Gasteiger partial charge < -0.3 is 19.9 Å². The second-order valence-electron chi connectivity index (χ2n) is 6.86. The minimum Gasteiger partial charge on any atom is -0.384 e. The molecular formula is C17H34N4O. The van der Waals surface area contributed by atoms with Crippen molar-refractivity contribution < 1.29 is 4.74 Å². The normalized spacial score (nSPS) is 25.0. The number of hydrogen-bond acceptors (Lipinski definition) is 3. The van der Waals surface area contributed by atoms with E-state index in [9.17, 15) is 0 Å². The summed E-state index contributed by atoms with van der Waals surface area (Å²) in [5.41, 5.74) is 0. The monoisotopic (exact) mass is 310 g/mol. The lowest BCUT2D eigenvalue weighted by atomic mass is 10.1. The van der Waals surface area contributed by atoms with E-state index < -0.39 is 0 Å². The minimum absolute atomic E-state index is 0.629. The van der Waals surface area contributed by atoms with Gasteiger partial charge in [0.05, 0.1) is 6.61 Å². The maximum Gasteiger partial charge on any atom is 0.193 e. The van der Waals surface area contributed by atoms with Crippen molar-refractivity contribution in [2.24, 2.45) is 16.8 Å². The molecule has 0 aromatic heterocycles. The molecule has 2 aliphatic heterocycles. The molecule has 2 aliphatic rings. The highest BCUT2D eigenvalue weighted by Crippen LogP contribution is 2.17. The number of likely N-dealkylation sites (tertiary alicyclic amines) is 2. The molecule has 128 valence electrons. The molecule has 0 aromatic carbocycles. The summed E-state index contributed by atoms with van der Waals surface area (Å²) in [6.07, 6.45) is 3.95. The fourth-order valence-electron chi connectivity index (χ4n) is 3.53. The molecule has 22 heavy (non-hydrogen) atoms. The van der Waals surface area contributed by atoms with Gasteiger partial charge in [0.2, 0.25) is 0 Å². The van der Waals surface area contributed by atoms with E-state index in [1.54, 1.807) is 7.11 Å². The Morgan fingerprint density at radius 2 is 2.09 bits per heavy atom. The Morgan fingerprint density at radius 3 is 2.77 bits per heavy atom. The van der Waals surface area contributed by atoms with Crippen molar-refractivity contribution in [2.75, 3.05) is 59.5 Å². The summed E-state index contributed by atoms with van der Waals surface area (Å²) in [4.78, 5) is 9.88. The smallest absolute Gasteiger partial charge is 0.193 e. The number of ether oxygens (including phenoxy) is 1. The molecule has 2 unspecified atom stereocenters. The van der Waals surface area contributed by atoms with E-state index in [0.29, 0.717) is 11.8 Å². The summed E-state index contributed by atoms with van der Waals surface area (Å²) in [6.45, 7) is 13.1. The molecule has 5 nitrogen and oxygen atoms in total. The fourth-order valence-corrected chi connectivity index (χ4v) is 3.53. The van der Waals surface area contributed by atoms with Crippen LogP contribution in [-0.4, -0.2) is 75.3 Å². The molecule has 0 bridgehead atoms. The standard InChI is InChI=1S/C17H34N4O/c1-4-18-17(21-10-7-16(13-21)14-22-3)19-11-15(2)12-20-8-5-6-9-20/h15-16H,4-14H2,1-3H3,(H,18,19). The first-order valence-electron chi connectivity index (χ1n) is 8.97. The lowest BCUT2D eigenvalue weighted by molar-refractivity contribution is 0.157. The first-order valence-corrected chi connectivity index (χ1v) is 8.97. The van der Waals surface area contributed by atoms with E-state index in [1.165, 1.54) is 38.9 Å². The van der Waals surface area contributed by atoms with Crippen molar-refractivity contribution >= 4 is 5.96 Å². The van der Waals surface area contributed by atoms with Crippen molar-refractivity contribution in [1.82, 2.24) is 15.1 Å². The summed E-state index contributed by atoms with van der Waals surface area (Å²) in [7, 11) is 1.79. The van der Waals surface area contributed by atoms with Crippen LogP contribution in [0.2, 0.25) is 0 Å². The molecule has 0 spiro atoms. The summed E-state index contributed by atoms with van der Waals surface area (Å²) < 4.78 is 5.29. The summed E-state index contributed by atoms with van der Waals surface area (Å²) >= 11 is 0. The Labute approximate surface area is 136 Å². The van der Waals surface area contributed by atoms with E-state index >= 15 is 0 Å². The van der Waals surface area contributed by atoms with E-state index in [-0.39, 0.29) is 0 Å². The summed E-state index contributed by atoms with van der Waals surface area (Å²) in [5, 5.41) is 3.46. The van der Waals surface area contributed by atoms with Crippen LogP contribution < -0.4 is 5.32 Å². The zero-order valence-electron chi connectivity index (χ0n) is 14.7. The lowest BCUT2D eigenvalue weighted by Crippen LogP contribution is -2.40. The summed E-state index contributed by atoms with van der Waals surface area (Å²) in [6, 6.07) is 0. The zero-order chi connectivity index (χ0) is 15.8. The van der Waals surface area contributed by atoms with E-state index in [4.69, 9.17) is 9.73 Å². The molecule has 0 aliphatic carbocycles. The Bertz CT molecular complexity index is 342. The van der Waals surface area contributed by atoms with Gasteiger partial charge in [-0.25, -0.2) is 0 Å². The Balaban J connectivity index is 1.81. The highest BCUT2D eigenvalue weighted by atomic mass is 16.5. The first kappa shape index (κ1) is 17.5. The Hall–Kier alpha value is -0.810. The largest absolute Gasteiger partial charge is 0.384 e. The van der Waals surface area contributed by atoms with Crippen molar-refractivity contribution in [3.05, 3.63) is 0 Å². The van der Waals surface area contributed by atoms with Gasteiger partial charge in [-0.1, -0.05) is 6.92 Å². The van der Waals surface area contributed by atoms with Gasteiger partial charge in [-0.3, -0.25) is 4.99 Å². The highest BCUT2D eigenvalue weighted by molar-refractivity contribution is 5.80. The van der Waals surface area contributed by atoms with Crippen LogP contribution in [0.1, 0.15) is 33.1 Å². The van der Waals surface area contributed by atoms with Gasteiger partial charge in [0, 0.05) is 45.8 Å². The van der Waals surface area contributed by atoms with Crippen LogP contribution in [0.15, 0.2) is 4.99 Å². The zero-order valence-corrected chi connectivity index (χ0v) is 14.7. The number of hydrogen-bond donors (Lipinski definition) is 1. The quantitative estimate of drug-likeness (QED) is 0.573. The number of methoxy groups -OCH3 is 1. The predicted octanol–water partition coefficient (Wildman–Crippen LogP) is 1.65. The molecule has 2 rings (SSSR count). The maximum absolute atomic E-state index is 5.29. The van der Waals surface area contributed by atoms with Gasteiger partial charge in [0.1, 0.15) is 0 Å². The number of rotatable bonds is 7. The molecular weight excluding hydrogens is 276 g/mol. The van der Waals surface area contributed by atoms with Crippen molar-refractivity contribution in [3.63, 3.8) is 0 Å². The van der Waals surface area contributed by atoms with Crippen LogP contribution in [-0.2, 0) is 4.74 Å². The minimum atomic E-state index is 0.629. The SMILES string of the molecule is CCNC(=NCC(C)CN1CCCC1)N1CCC(COC)C1.